The van der Waals surface area contributed by atoms with Crippen LogP contribution in [0, 0.1) is 23.2 Å². The monoisotopic (exact) mass is 512 g/mol. The zero-order valence-corrected chi connectivity index (χ0v) is 19.3. The third kappa shape index (κ3) is 5.27. The van der Waals surface area contributed by atoms with Crippen molar-refractivity contribution >= 4 is 17.4 Å². The normalized spacial score (nSPS) is 26.8. The number of amides is 2. The standard InChI is InChI=1S/C26H26F6N2O2/c27-25(28,29)18-9-19(26(30,31)32)11-21(10-18)34-23(35)33-20-1-3-22(4-2-20)36-6-5-24-12-15-7-16(13-24)17(8-15)14-24/h1-4,9-11,15-17H,5-8,12-14H2,(H2,33,34,35). The van der Waals surface area contributed by atoms with E-state index in [1.807, 2.05) is 5.32 Å². The van der Waals surface area contributed by atoms with Gasteiger partial charge < -0.3 is 15.4 Å². The number of hydrogen-bond donors (Lipinski definition) is 2. The van der Waals surface area contributed by atoms with E-state index < -0.39 is 35.2 Å². The summed E-state index contributed by atoms with van der Waals surface area (Å²) in [5.74, 6) is 3.31. The summed E-state index contributed by atoms with van der Waals surface area (Å²) in [5, 5.41) is 4.45. The van der Waals surface area contributed by atoms with E-state index >= 15 is 0 Å². The second kappa shape index (κ2) is 8.88. The Labute approximate surface area is 204 Å². The van der Waals surface area contributed by atoms with Gasteiger partial charge in [-0.15, -0.1) is 0 Å². The number of nitrogens with one attached hydrogen (secondary N) is 2. The average Bonchev–Trinajstić information content (AvgIpc) is 3.19. The van der Waals surface area contributed by atoms with E-state index in [1.165, 1.54) is 32.1 Å². The fourth-order valence-corrected chi connectivity index (χ4v) is 6.63. The molecule has 4 aliphatic rings. The van der Waals surface area contributed by atoms with Crippen molar-refractivity contribution in [3.8, 4) is 5.75 Å². The number of alkyl halides is 6. The Morgan fingerprint density at radius 1 is 0.833 bits per heavy atom. The van der Waals surface area contributed by atoms with E-state index in [4.69, 9.17) is 4.74 Å². The van der Waals surface area contributed by atoms with Gasteiger partial charge in [-0.3, -0.25) is 0 Å². The molecule has 0 saturated heterocycles. The molecule has 194 valence electrons. The fraction of sp³-hybridized carbons (Fsp3) is 0.500. The number of carbonyl (C=O) groups is 1. The highest BCUT2D eigenvalue weighted by atomic mass is 19.4. The van der Waals surface area contributed by atoms with Crippen LogP contribution in [-0.2, 0) is 12.4 Å². The van der Waals surface area contributed by atoms with Gasteiger partial charge in [0.05, 0.1) is 17.7 Å². The minimum atomic E-state index is -5.00. The Kier molecular flexibility index (Phi) is 6.11. The first kappa shape index (κ1) is 24.8. The summed E-state index contributed by atoms with van der Waals surface area (Å²) in [5.41, 5.74) is -2.90. The van der Waals surface area contributed by atoms with E-state index in [0.29, 0.717) is 35.6 Å². The molecule has 0 spiro atoms. The van der Waals surface area contributed by atoms with Crippen LogP contribution in [0.3, 0.4) is 0 Å². The van der Waals surface area contributed by atoms with Crippen molar-refractivity contribution in [2.75, 3.05) is 17.2 Å². The van der Waals surface area contributed by atoms with Gasteiger partial charge in [0.2, 0.25) is 0 Å². The Hall–Kier alpha value is -2.91. The number of halogens is 6. The smallest absolute Gasteiger partial charge is 0.416 e. The molecule has 4 bridgehead atoms. The van der Waals surface area contributed by atoms with Crippen LogP contribution in [0.15, 0.2) is 42.5 Å². The second-order valence-corrected chi connectivity index (χ2v) is 10.5. The summed E-state index contributed by atoms with van der Waals surface area (Å²) < 4.78 is 84.0. The lowest BCUT2D eigenvalue weighted by atomic mass is 9.68. The van der Waals surface area contributed by atoms with E-state index in [2.05, 4.69) is 5.32 Å². The summed E-state index contributed by atoms with van der Waals surface area (Å²) in [6.45, 7) is 0.608. The zero-order valence-electron chi connectivity index (χ0n) is 19.3. The summed E-state index contributed by atoms with van der Waals surface area (Å²) in [6.07, 6.45) is -2.26. The van der Waals surface area contributed by atoms with Gasteiger partial charge >= 0.3 is 18.4 Å². The molecule has 6 rings (SSSR count). The lowest BCUT2D eigenvalue weighted by Crippen LogP contribution is -2.29. The molecular weight excluding hydrogens is 486 g/mol. The molecule has 0 aliphatic heterocycles. The maximum atomic E-state index is 13.0. The molecule has 4 nitrogen and oxygen atoms in total. The van der Waals surface area contributed by atoms with Gasteiger partial charge in [-0.1, -0.05) is 0 Å². The predicted octanol–water partition coefficient (Wildman–Crippen LogP) is 7.96. The van der Waals surface area contributed by atoms with Gasteiger partial charge in [-0.05, 0) is 104 Å². The zero-order chi connectivity index (χ0) is 25.7. The Morgan fingerprint density at radius 3 is 1.92 bits per heavy atom. The van der Waals surface area contributed by atoms with E-state index in [1.54, 1.807) is 24.3 Å². The largest absolute Gasteiger partial charge is 0.494 e. The predicted molar refractivity (Wildman–Crippen MR) is 122 cm³/mol. The van der Waals surface area contributed by atoms with Gasteiger partial charge in [0.1, 0.15) is 5.75 Å². The molecule has 0 aromatic heterocycles. The number of urea groups is 1. The van der Waals surface area contributed by atoms with Crippen molar-refractivity contribution < 1.29 is 35.9 Å². The fourth-order valence-electron chi connectivity index (χ4n) is 6.63. The summed E-state index contributed by atoms with van der Waals surface area (Å²) in [6, 6.07) is 6.38. The molecule has 4 fully saturated rings. The number of anilines is 2. The lowest BCUT2D eigenvalue weighted by molar-refractivity contribution is -0.143. The third-order valence-electron chi connectivity index (χ3n) is 7.91. The van der Waals surface area contributed by atoms with Crippen LogP contribution < -0.4 is 15.4 Å². The van der Waals surface area contributed by atoms with Gasteiger partial charge in [0, 0.05) is 11.4 Å². The first-order chi connectivity index (χ1) is 16.9. The highest BCUT2D eigenvalue weighted by Gasteiger charge is 2.55. The Morgan fingerprint density at radius 2 is 1.39 bits per heavy atom. The van der Waals surface area contributed by atoms with Crippen LogP contribution in [0.2, 0.25) is 0 Å². The topological polar surface area (TPSA) is 50.4 Å². The molecule has 2 unspecified atom stereocenters. The van der Waals surface area contributed by atoms with Gasteiger partial charge in [-0.25, -0.2) is 4.79 Å². The van der Waals surface area contributed by atoms with Crippen LogP contribution in [0.4, 0.5) is 42.5 Å². The van der Waals surface area contributed by atoms with Gasteiger partial charge in [0.15, 0.2) is 0 Å². The molecule has 4 aliphatic carbocycles. The molecule has 0 radical (unpaired) electrons. The van der Waals surface area contributed by atoms with Crippen LogP contribution in [0.5, 0.6) is 5.75 Å². The Bertz CT molecular complexity index is 1080. The van der Waals surface area contributed by atoms with E-state index in [-0.39, 0.29) is 6.07 Å². The van der Waals surface area contributed by atoms with Crippen molar-refractivity contribution in [3.63, 3.8) is 0 Å². The van der Waals surface area contributed by atoms with Crippen LogP contribution in [0.25, 0.3) is 0 Å². The van der Waals surface area contributed by atoms with Crippen LogP contribution >= 0.6 is 0 Å². The molecule has 2 aromatic rings. The van der Waals surface area contributed by atoms with Gasteiger partial charge in [-0.2, -0.15) is 26.3 Å². The van der Waals surface area contributed by atoms with Crippen molar-refractivity contribution in [3.05, 3.63) is 53.6 Å². The molecule has 0 heterocycles. The highest BCUT2D eigenvalue weighted by Crippen LogP contribution is 2.65. The highest BCUT2D eigenvalue weighted by molar-refractivity contribution is 5.99. The summed E-state index contributed by atoms with van der Waals surface area (Å²) in [4.78, 5) is 12.2. The van der Waals surface area contributed by atoms with Crippen molar-refractivity contribution in [2.24, 2.45) is 23.2 Å². The second-order valence-electron chi connectivity index (χ2n) is 10.5. The summed E-state index contributed by atoms with van der Waals surface area (Å²) >= 11 is 0. The van der Waals surface area contributed by atoms with Crippen molar-refractivity contribution in [1.29, 1.82) is 0 Å². The minimum Gasteiger partial charge on any atom is -0.494 e. The molecule has 2 aromatic carbocycles. The average molecular weight is 512 g/mol. The molecule has 36 heavy (non-hydrogen) atoms. The first-order valence-corrected chi connectivity index (χ1v) is 12.0. The summed E-state index contributed by atoms with van der Waals surface area (Å²) in [7, 11) is 0. The van der Waals surface area contributed by atoms with Gasteiger partial charge in [0.25, 0.3) is 0 Å². The maximum absolute atomic E-state index is 13.0. The molecule has 2 N–H and O–H groups in total. The molecule has 4 saturated carbocycles. The number of carbonyl (C=O) groups excluding carboxylic acids is 1. The number of ether oxygens (including phenoxy) is 1. The number of rotatable bonds is 6. The van der Waals surface area contributed by atoms with Crippen molar-refractivity contribution in [1.82, 2.24) is 0 Å². The Balaban J connectivity index is 1.15. The van der Waals surface area contributed by atoms with E-state index in [9.17, 15) is 31.1 Å². The first-order valence-electron chi connectivity index (χ1n) is 12.0. The molecule has 2 amide bonds. The molecule has 10 heteroatoms. The lowest BCUT2D eigenvalue weighted by Gasteiger charge is -2.38. The van der Waals surface area contributed by atoms with Crippen LogP contribution in [0.1, 0.15) is 49.7 Å². The number of benzene rings is 2. The van der Waals surface area contributed by atoms with E-state index in [0.717, 1.165) is 24.2 Å². The number of hydrogen-bond acceptors (Lipinski definition) is 2. The molecular formula is C26H26F6N2O2. The van der Waals surface area contributed by atoms with Crippen molar-refractivity contribution in [2.45, 2.75) is 50.9 Å². The van der Waals surface area contributed by atoms with Crippen LogP contribution in [-0.4, -0.2) is 12.6 Å². The minimum absolute atomic E-state index is 0.00344. The SMILES string of the molecule is O=C(Nc1ccc(OCCC23CC4CC(C2)C(C4)C3)cc1)Nc1cc(C(F)(F)F)cc(C(F)(F)F)c1. The third-order valence-corrected chi connectivity index (χ3v) is 7.91. The maximum Gasteiger partial charge on any atom is 0.416 e. The quantitative estimate of drug-likeness (QED) is 0.386. The molecule has 2 atom stereocenters.